The van der Waals surface area contributed by atoms with Gasteiger partial charge >= 0.3 is 0 Å². The summed E-state index contributed by atoms with van der Waals surface area (Å²) in [6.07, 6.45) is 2.17. The van der Waals surface area contributed by atoms with Gasteiger partial charge in [-0.05, 0) is 5.92 Å². The number of nitrogens with one attached hydrogen (secondary N) is 1. The van der Waals surface area contributed by atoms with Crippen LogP contribution in [-0.4, -0.2) is 41.1 Å². The molecule has 0 spiro atoms. The van der Waals surface area contributed by atoms with Crippen LogP contribution in [0.2, 0.25) is 0 Å². The predicted octanol–water partition coefficient (Wildman–Crippen LogP) is -1.46. The van der Waals surface area contributed by atoms with Crippen molar-refractivity contribution in [3.63, 3.8) is 0 Å². The maximum Gasteiger partial charge on any atom is 0.254 e. The van der Waals surface area contributed by atoms with Gasteiger partial charge < -0.3 is 11.1 Å². The fraction of sp³-hybridized carbons (Fsp3) is 0.455. The Hall–Kier alpha value is -2.18. The molecule has 0 aliphatic carbocycles. The maximum atomic E-state index is 11.6. The molecule has 1 aliphatic heterocycles. The summed E-state index contributed by atoms with van der Waals surface area (Å²) in [5, 5.41) is 2.40. The number of carbonyl (C=O) groups is 4. The standard InChI is InChI=1S/C11H15N3O4/c1-6(2)10(11(12)18)13-7(15)5-14-8(16)3-4-9(14)17/h3-4,6,10H,5H2,1-2H3,(H2,12,18)(H,13,15). The van der Waals surface area contributed by atoms with Crippen LogP contribution in [0.4, 0.5) is 0 Å². The van der Waals surface area contributed by atoms with Crippen LogP contribution < -0.4 is 11.1 Å². The van der Waals surface area contributed by atoms with E-state index in [-0.39, 0.29) is 5.92 Å². The number of primary amides is 1. The van der Waals surface area contributed by atoms with Crippen molar-refractivity contribution in [3.8, 4) is 0 Å². The number of hydrogen-bond donors (Lipinski definition) is 2. The second-order valence-electron chi connectivity index (χ2n) is 4.29. The van der Waals surface area contributed by atoms with E-state index in [9.17, 15) is 19.2 Å². The average molecular weight is 253 g/mol. The van der Waals surface area contributed by atoms with Crippen molar-refractivity contribution >= 4 is 23.6 Å². The lowest BCUT2D eigenvalue weighted by atomic mass is 10.0. The minimum Gasteiger partial charge on any atom is -0.368 e. The summed E-state index contributed by atoms with van der Waals surface area (Å²) in [6, 6.07) is -0.821. The summed E-state index contributed by atoms with van der Waals surface area (Å²) < 4.78 is 0. The molecule has 1 rings (SSSR count). The number of nitrogens with two attached hydrogens (primary N) is 1. The van der Waals surface area contributed by atoms with E-state index in [4.69, 9.17) is 5.73 Å². The third kappa shape index (κ3) is 3.16. The lowest BCUT2D eigenvalue weighted by Crippen LogP contribution is -2.51. The van der Waals surface area contributed by atoms with Gasteiger partial charge in [-0.15, -0.1) is 0 Å². The first-order valence-corrected chi connectivity index (χ1v) is 5.45. The third-order valence-electron chi connectivity index (χ3n) is 2.49. The molecule has 1 unspecified atom stereocenters. The molecule has 0 radical (unpaired) electrons. The van der Waals surface area contributed by atoms with Gasteiger partial charge in [-0.1, -0.05) is 13.8 Å². The van der Waals surface area contributed by atoms with Crippen LogP contribution in [0.5, 0.6) is 0 Å². The van der Waals surface area contributed by atoms with Crippen molar-refractivity contribution in [2.75, 3.05) is 6.54 Å². The highest BCUT2D eigenvalue weighted by Gasteiger charge is 2.28. The van der Waals surface area contributed by atoms with Crippen molar-refractivity contribution in [3.05, 3.63) is 12.2 Å². The molecule has 7 nitrogen and oxygen atoms in total. The van der Waals surface area contributed by atoms with E-state index in [1.807, 2.05) is 0 Å². The molecule has 4 amide bonds. The van der Waals surface area contributed by atoms with E-state index in [0.717, 1.165) is 17.1 Å². The van der Waals surface area contributed by atoms with Gasteiger partial charge in [0.1, 0.15) is 12.6 Å². The Bertz CT molecular complexity index is 410. The molecule has 18 heavy (non-hydrogen) atoms. The van der Waals surface area contributed by atoms with E-state index in [1.54, 1.807) is 13.8 Å². The first-order chi connectivity index (χ1) is 8.32. The lowest BCUT2D eigenvalue weighted by molar-refractivity contribution is -0.141. The molecule has 7 heteroatoms. The predicted molar refractivity (Wildman–Crippen MR) is 61.8 cm³/mol. The fourth-order valence-electron chi connectivity index (χ4n) is 1.52. The van der Waals surface area contributed by atoms with E-state index in [0.29, 0.717) is 0 Å². The number of carbonyl (C=O) groups excluding carboxylic acids is 4. The van der Waals surface area contributed by atoms with Gasteiger partial charge in [-0.3, -0.25) is 24.1 Å². The van der Waals surface area contributed by atoms with E-state index in [2.05, 4.69) is 5.32 Å². The van der Waals surface area contributed by atoms with Crippen molar-refractivity contribution in [2.24, 2.45) is 11.7 Å². The van der Waals surface area contributed by atoms with Gasteiger partial charge in [-0.25, -0.2) is 0 Å². The maximum absolute atomic E-state index is 11.6. The Balaban J connectivity index is 2.59. The number of nitrogens with zero attached hydrogens (tertiary/aromatic N) is 1. The van der Waals surface area contributed by atoms with Crippen molar-refractivity contribution in [2.45, 2.75) is 19.9 Å². The highest BCUT2D eigenvalue weighted by molar-refractivity contribution is 6.14. The van der Waals surface area contributed by atoms with Gasteiger partial charge in [0.2, 0.25) is 11.8 Å². The Morgan fingerprint density at radius 1 is 1.28 bits per heavy atom. The summed E-state index contributed by atoms with van der Waals surface area (Å²) in [6.45, 7) is 3.04. The van der Waals surface area contributed by atoms with Gasteiger partial charge in [-0.2, -0.15) is 0 Å². The van der Waals surface area contributed by atoms with Crippen LogP contribution in [0.1, 0.15) is 13.8 Å². The normalized spacial score (nSPS) is 16.3. The summed E-state index contributed by atoms with van der Waals surface area (Å²) >= 11 is 0. The number of hydrogen-bond acceptors (Lipinski definition) is 4. The van der Waals surface area contributed by atoms with Crippen LogP contribution in [0.15, 0.2) is 12.2 Å². The smallest absolute Gasteiger partial charge is 0.254 e. The van der Waals surface area contributed by atoms with Crippen LogP contribution in [0.25, 0.3) is 0 Å². The molecule has 0 saturated carbocycles. The second-order valence-corrected chi connectivity index (χ2v) is 4.29. The second kappa shape index (κ2) is 5.44. The molecule has 0 bridgehead atoms. The zero-order valence-corrected chi connectivity index (χ0v) is 10.2. The molecule has 0 aromatic rings. The van der Waals surface area contributed by atoms with Gasteiger partial charge in [0.15, 0.2) is 0 Å². The Morgan fingerprint density at radius 3 is 2.17 bits per heavy atom. The topological polar surface area (TPSA) is 110 Å². The summed E-state index contributed by atoms with van der Waals surface area (Å²) in [7, 11) is 0. The first-order valence-electron chi connectivity index (χ1n) is 5.45. The van der Waals surface area contributed by atoms with E-state index >= 15 is 0 Å². The molecular formula is C11H15N3O4. The van der Waals surface area contributed by atoms with Crippen LogP contribution in [0, 0.1) is 5.92 Å². The van der Waals surface area contributed by atoms with Crippen molar-refractivity contribution < 1.29 is 19.2 Å². The monoisotopic (exact) mass is 253 g/mol. The lowest BCUT2D eigenvalue weighted by Gasteiger charge is -2.20. The summed E-state index contributed by atoms with van der Waals surface area (Å²) in [4.78, 5) is 45.9. The molecular weight excluding hydrogens is 238 g/mol. The summed E-state index contributed by atoms with van der Waals surface area (Å²) in [5.41, 5.74) is 5.14. The first kappa shape index (κ1) is 13.9. The molecule has 1 aliphatic rings. The van der Waals surface area contributed by atoms with Crippen molar-refractivity contribution in [1.82, 2.24) is 10.2 Å². The third-order valence-corrected chi connectivity index (χ3v) is 2.49. The molecule has 0 aromatic carbocycles. The molecule has 98 valence electrons. The molecule has 0 fully saturated rings. The zero-order chi connectivity index (χ0) is 13.9. The Morgan fingerprint density at radius 2 is 1.78 bits per heavy atom. The highest BCUT2D eigenvalue weighted by Crippen LogP contribution is 2.04. The van der Waals surface area contributed by atoms with E-state index < -0.39 is 36.2 Å². The quantitative estimate of drug-likeness (QED) is 0.583. The number of rotatable bonds is 5. The molecule has 0 saturated heterocycles. The van der Waals surface area contributed by atoms with Crippen LogP contribution in [0.3, 0.4) is 0 Å². The number of amides is 4. The largest absolute Gasteiger partial charge is 0.368 e. The highest BCUT2D eigenvalue weighted by atomic mass is 16.2. The van der Waals surface area contributed by atoms with Crippen LogP contribution >= 0.6 is 0 Å². The molecule has 1 heterocycles. The van der Waals surface area contributed by atoms with E-state index in [1.165, 1.54) is 0 Å². The summed E-state index contributed by atoms with van der Waals surface area (Å²) in [5.74, 6) is -2.52. The SMILES string of the molecule is CC(C)C(NC(=O)CN1C(=O)C=CC1=O)C(N)=O. The minimum absolute atomic E-state index is 0.172. The minimum atomic E-state index is -0.821. The Labute approximate surface area is 104 Å². The molecule has 1 atom stereocenters. The zero-order valence-electron chi connectivity index (χ0n) is 10.2. The van der Waals surface area contributed by atoms with Crippen LogP contribution in [-0.2, 0) is 19.2 Å². The number of imide groups is 1. The van der Waals surface area contributed by atoms with Gasteiger partial charge in [0.25, 0.3) is 11.8 Å². The van der Waals surface area contributed by atoms with Crippen molar-refractivity contribution in [1.29, 1.82) is 0 Å². The molecule has 3 N–H and O–H groups in total. The fourth-order valence-corrected chi connectivity index (χ4v) is 1.52. The Kier molecular flexibility index (Phi) is 4.19. The van der Waals surface area contributed by atoms with Gasteiger partial charge in [0, 0.05) is 12.2 Å². The molecule has 0 aromatic heterocycles. The average Bonchev–Trinajstić information content (AvgIpc) is 2.56. The van der Waals surface area contributed by atoms with Gasteiger partial charge in [0.05, 0.1) is 0 Å².